The molecule has 0 saturated heterocycles. The Morgan fingerprint density at radius 1 is 1.33 bits per heavy atom. The molecule has 0 aliphatic carbocycles. The van der Waals surface area contributed by atoms with E-state index in [1.807, 2.05) is 0 Å². The van der Waals surface area contributed by atoms with E-state index in [1.54, 1.807) is 0 Å². The summed E-state index contributed by atoms with van der Waals surface area (Å²) in [4.78, 5) is 10.2. The zero-order chi connectivity index (χ0) is 8.43. The Morgan fingerprint density at radius 2 is 1.92 bits per heavy atom. The SMILES string of the molecule is O=C([O-])c1cccc(O)c1O.[K+]. The molecule has 0 atom stereocenters. The van der Waals surface area contributed by atoms with Crippen molar-refractivity contribution in [1.29, 1.82) is 0 Å². The third kappa shape index (κ3) is 2.46. The Kier molecular flexibility index (Phi) is 4.80. The van der Waals surface area contributed by atoms with Gasteiger partial charge in [-0.25, -0.2) is 0 Å². The Hall–Kier alpha value is -0.0736. The first-order chi connectivity index (χ1) is 5.13. The number of aromatic carboxylic acids is 1. The van der Waals surface area contributed by atoms with E-state index < -0.39 is 23.0 Å². The largest absolute Gasteiger partial charge is 1.00 e. The van der Waals surface area contributed by atoms with Crippen molar-refractivity contribution in [3.8, 4) is 11.5 Å². The number of phenolic OH excluding ortho intramolecular Hbond substituents is 1. The van der Waals surface area contributed by atoms with Crippen LogP contribution < -0.4 is 56.5 Å². The second-order valence-corrected chi connectivity index (χ2v) is 1.96. The molecule has 0 aromatic heterocycles. The molecule has 0 spiro atoms. The normalized spacial score (nSPS) is 8.67. The third-order valence-electron chi connectivity index (χ3n) is 1.23. The van der Waals surface area contributed by atoms with Crippen LogP contribution >= 0.6 is 0 Å². The summed E-state index contributed by atoms with van der Waals surface area (Å²) in [6.45, 7) is 0. The maximum Gasteiger partial charge on any atom is 1.00 e. The smallest absolute Gasteiger partial charge is 0.545 e. The molecular weight excluding hydrogens is 187 g/mol. The molecule has 0 heterocycles. The van der Waals surface area contributed by atoms with Gasteiger partial charge >= 0.3 is 51.4 Å². The number of hydrogen-bond donors (Lipinski definition) is 2. The van der Waals surface area contributed by atoms with Crippen LogP contribution in [0.1, 0.15) is 10.4 Å². The average molecular weight is 192 g/mol. The van der Waals surface area contributed by atoms with Gasteiger partial charge in [-0.15, -0.1) is 0 Å². The predicted molar refractivity (Wildman–Crippen MR) is 34.1 cm³/mol. The minimum Gasteiger partial charge on any atom is -0.545 e. The minimum absolute atomic E-state index is 0. The Balaban J connectivity index is 0.00000121. The van der Waals surface area contributed by atoms with E-state index in [2.05, 4.69) is 0 Å². The van der Waals surface area contributed by atoms with Gasteiger partial charge in [0.2, 0.25) is 0 Å². The fourth-order valence-electron chi connectivity index (χ4n) is 0.696. The standard InChI is InChI=1S/C7H6O4.K/c8-5-3-1-2-4(6(5)9)7(10)11;/h1-3,8-9H,(H,10,11);/q;+1/p-1. The number of carboxylic acids is 1. The van der Waals surface area contributed by atoms with E-state index in [0.29, 0.717) is 0 Å². The Bertz CT molecular complexity index is 297. The van der Waals surface area contributed by atoms with E-state index in [1.165, 1.54) is 12.1 Å². The summed E-state index contributed by atoms with van der Waals surface area (Å²) in [6, 6.07) is 3.63. The molecule has 0 aliphatic rings. The van der Waals surface area contributed by atoms with Crippen molar-refractivity contribution in [3.63, 3.8) is 0 Å². The number of aromatic hydroxyl groups is 2. The summed E-state index contributed by atoms with van der Waals surface area (Å²) in [5, 5.41) is 27.9. The van der Waals surface area contributed by atoms with Gasteiger partial charge in [-0.2, -0.15) is 0 Å². The molecule has 0 unspecified atom stereocenters. The number of carbonyl (C=O) groups is 1. The summed E-state index contributed by atoms with van der Waals surface area (Å²) in [5.41, 5.74) is -0.412. The Labute approximate surface area is 111 Å². The van der Waals surface area contributed by atoms with Gasteiger partial charge in [-0.1, -0.05) is 6.07 Å². The molecule has 1 aromatic carbocycles. The first kappa shape index (κ1) is 11.9. The maximum atomic E-state index is 10.2. The topological polar surface area (TPSA) is 80.6 Å². The van der Waals surface area contributed by atoms with Crippen LogP contribution in [0.3, 0.4) is 0 Å². The second-order valence-electron chi connectivity index (χ2n) is 1.96. The zero-order valence-electron chi connectivity index (χ0n) is 6.44. The Morgan fingerprint density at radius 3 is 2.33 bits per heavy atom. The van der Waals surface area contributed by atoms with E-state index in [0.717, 1.165) is 6.07 Å². The van der Waals surface area contributed by atoms with Gasteiger partial charge in [-0.3, -0.25) is 0 Å². The molecule has 2 N–H and O–H groups in total. The number of phenols is 2. The molecule has 4 nitrogen and oxygen atoms in total. The van der Waals surface area contributed by atoms with Gasteiger partial charge in [0.1, 0.15) is 0 Å². The first-order valence-electron chi connectivity index (χ1n) is 2.85. The molecule has 0 amide bonds. The van der Waals surface area contributed by atoms with Gasteiger partial charge in [0.05, 0.1) is 5.97 Å². The summed E-state index contributed by atoms with van der Waals surface area (Å²) in [7, 11) is 0. The fraction of sp³-hybridized carbons (Fsp3) is 0. The van der Waals surface area contributed by atoms with Crippen LogP contribution in [-0.2, 0) is 0 Å². The number of para-hydroxylation sites is 1. The monoisotopic (exact) mass is 192 g/mol. The molecule has 1 aromatic rings. The van der Waals surface area contributed by atoms with Crippen molar-refractivity contribution >= 4 is 5.97 Å². The van der Waals surface area contributed by atoms with Crippen molar-refractivity contribution in [2.24, 2.45) is 0 Å². The predicted octanol–water partition coefficient (Wildman–Crippen LogP) is -3.53. The molecule has 0 fully saturated rings. The molecule has 5 heteroatoms. The van der Waals surface area contributed by atoms with Crippen molar-refractivity contribution in [1.82, 2.24) is 0 Å². The summed E-state index contributed by atoms with van der Waals surface area (Å²) >= 11 is 0. The van der Waals surface area contributed by atoms with Crippen LogP contribution in [0.5, 0.6) is 11.5 Å². The molecule has 12 heavy (non-hydrogen) atoms. The summed E-state index contributed by atoms with van der Waals surface area (Å²) in [6.07, 6.45) is 0. The maximum absolute atomic E-state index is 10.2. The molecule has 58 valence electrons. The first-order valence-corrected chi connectivity index (χ1v) is 2.85. The van der Waals surface area contributed by atoms with Crippen LogP contribution in [0, 0.1) is 0 Å². The van der Waals surface area contributed by atoms with E-state index >= 15 is 0 Å². The van der Waals surface area contributed by atoms with Gasteiger partial charge < -0.3 is 20.1 Å². The van der Waals surface area contributed by atoms with Gasteiger partial charge in [0.15, 0.2) is 11.5 Å². The molecule has 0 saturated carbocycles. The average Bonchev–Trinajstić information content (AvgIpc) is 1.94. The van der Waals surface area contributed by atoms with Gasteiger partial charge in [0.25, 0.3) is 0 Å². The van der Waals surface area contributed by atoms with Crippen LogP contribution in [0.2, 0.25) is 0 Å². The van der Waals surface area contributed by atoms with Gasteiger partial charge in [-0.05, 0) is 12.1 Å². The molecule has 1 rings (SSSR count). The van der Waals surface area contributed by atoms with Crippen LogP contribution in [-0.4, -0.2) is 16.2 Å². The van der Waals surface area contributed by atoms with Crippen molar-refractivity contribution in [3.05, 3.63) is 23.8 Å². The van der Waals surface area contributed by atoms with Crippen molar-refractivity contribution in [2.45, 2.75) is 0 Å². The quantitative estimate of drug-likeness (QED) is 0.357. The summed E-state index contributed by atoms with van der Waals surface area (Å²) in [5.74, 6) is -2.64. The van der Waals surface area contributed by atoms with Crippen LogP contribution in [0.15, 0.2) is 18.2 Å². The number of hydrogen-bond acceptors (Lipinski definition) is 4. The second kappa shape index (κ2) is 4.83. The van der Waals surface area contributed by atoms with E-state index in [-0.39, 0.29) is 51.4 Å². The molecule has 0 aliphatic heterocycles. The van der Waals surface area contributed by atoms with Crippen LogP contribution in [0.25, 0.3) is 0 Å². The molecular formula is C7H5KO4. The molecule has 0 radical (unpaired) electrons. The van der Waals surface area contributed by atoms with E-state index in [9.17, 15) is 9.90 Å². The number of carbonyl (C=O) groups excluding carboxylic acids is 1. The van der Waals surface area contributed by atoms with E-state index in [4.69, 9.17) is 10.2 Å². The number of rotatable bonds is 1. The number of carboxylic acid groups (broad SMARTS) is 1. The zero-order valence-corrected chi connectivity index (χ0v) is 9.57. The third-order valence-corrected chi connectivity index (χ3v) is 1.23. The molecule has 0 bridgehead atoms. The van der Waals surface area contributed by atoms with Gasteiger partial charge in [0, 0.05) is 5.56 Å². The minimum atomic E-state index is -1.52. The van der Waals surface area contributed by atoms with Crippen molar-refractivity contribution < 1.29 is 71.5 Å². The summed E-state index contributed by atoms with van der Waals surface area (Å²) < 4.78 is 0. The number of benzene rings is 1. The van der Waals surface area contributed by atoms with Crippen LogP contribution in [0.4, 0.5) is 0 Å². The fourth-order valence-corrected chi connectivity index (χ4v) is 0.696. The van der Waals surface area contributed by atoms with Crippen molar-refractivity contribution in [2.75, 3.05) is 0 Å².